The minimum atomic E-state index is -0.540. The number of Topliss-reactive ketones (excluding diaryl/α,β-unsaturated/α-hetero) is 1. The van der Waals surface area contributed by atoms with Crippen LogP contribution in [0.15, 0.2) is 0 Å². The third-order valence-corrected chi connectivity index (χ3v) is 4.46. The molecule has 0 aromatic rings. The van der Waals surface area contributed by atoms with E-state index in [2.05, 4.69) is 11.8 Å². The molecule has 0 radical (unpaired) electrons. The molecule has 0 spiro atoms. The van der Waals surface area contributed by atoms with E-state index in [1.165, 1.54) is 6.42 Å². The Morgan fingerprint density at radius 1 is 1.53 bits per heavy atom. The minimum absolute atomic E-state index is 0.225. The van der Waals surface area contributed by atoms with Crippen LogP contribution in [0.3, 0.4) is 0 Å². The summed E-state index contributed by atoms with van der Waals surface area (Å²) in [6, 6.07) is 0. The van der Waals surface area contributed by atoms with Crippen LogP contribution in [-0.4, -0.2) is 41.0 Å². The second kappa shape index (κ2) is 5.07. The van der Waals surface area contributed by atoms with Crippen molar-refractivity contribution in [1.29, 1.82) is 0 Å². The molecule has 0 aromatic heterocycles. The maximum absolute atomic E-state index is 11.9. The Hall–Kier alpha value is -0.410. The highest BCUT2D eigenvalue weighted by Crippen LogP contribution is 2.30. The summed E-state index contributed by atoms with van der Waals surface area (Å²) in [6.45, 7) is 6.65. The molecule has 1 saturated carbocycles. The highest BCUT2D eigenvalue weighted by molar-refractivity contribution is 5.81. The fourth-order valence-electron chi connectivity index (χ4n) is 3.26. The first-order valence-corrected chi connectivity index (χ1v) is 6.97. The Kier molecular flexibility index (Phi) is 3.88. The standard InChI is InChI=1S/C14H25NO2/c1-3-11-4-5-13(16)12(8-11)9-15-7-6-14(2,17)10-15/h11-12,17H,3-10H2,1-2H3. The maximum atomic E-state index is 11.9. The zero-order valence-electron chi connectivity index (χ0n) is 11.1. The van der Waals surface area contributed by atoms with E-state index in [-0.39, 0.29) is 5.92 Å². The van der Waals surface area contributed by atoms with Gasteiger partial charge in [0.25, 0.3) is 0 Å². The number of carbonyl (C=O) groups excluding carboxylic acids is 1. The Morgan fingerprint density at radius 2 is 2.29 bits per heavy atom. The van der Waals surface area contributed by atoms with Gasteiger partial charge >= 0.3 is 0 Å². The van der Waals surface area contributed by atoms with Gasteiger partial charge in [-0.15, -0.1) is 0 Å². The molecule has 1 heterocycles. The molecule has 1 aliphatic heterocycles. The number of β-amino-alcohol motifs (C(OH)–C–C–N with tert-alkyl or cyclic N) is 1. The van der Waals surface area contributed by atoms with E-state index in [0.29, 0.717) is 5.78 Å². The number of nitrogens with zero attached hydrogens (tertiary/aromatic N) is 1. The Labute approximate surface area is 104 Å². The molecule has 0 bridgehead atoms. The summed E-state index contributed by atoms with van der Waals surface area (Å²) < 4.78 is 0. The van der Waals surface area contributed by atoms with Gasteiger partial charge in [-0.2, -0.15) is 0 Å². The average Bonchev–Trinajstić information content (AvgIpc) is 2.61. The van der Waals surface area contributed by atoms with Crippen LogP contribution in [0.5, 0.6) is 0 Å². The van der Waals surface area contributed by atoms with Gasteiger partial charge in [0.15, 0.2) is 0 Å². The summed E-state index contributed by atoms with van der Waals surface area (Å²) in [5, 5.41) is 9.93. The number of rotatable bonds is 3. The van der Waals surface area contributed by atoms with Gasteiger partial charge in [-0.3, -0.25) is 9.69 Å². The third-order valence-electron chi connectivity index (χ3n) is 4.46. The highest BCUT2D eigenvalue weighted by Gasteiger charge is 2.35. The van der Waals surface area contributed by atoms with E-state index in [1.54, 1.807) is 0 Å². The number of likely N-dealkylation sites (tertiary alicyclic amines) is 1. The second-order valence-corrected chi connectivity index (χ2v) is 6.19. The summed E-state index contributed by atoms with van der Waals surface area (Å²) in [5.41, 5.74) is -0.540. The van der Waals surface area contributed by atoms with Crippen molar-refractivity contribution in [2.75, 3.05) is 19.6 Å². The summed E-state index contributed by atoms with van der Waals surface area (Å²) in [4.78, 5) is 14.2. The number of hydrogen-bond donors (Lipinski definition) is 1. The number of hydrogen-bond acceptors (Lipinski definition) is 3. The van der Waals surface area contributed by atoms with Crippen LogP contribution in [0.25, 0.3) is 0 Å². The van der Waals surface area contributed by atoms with Gasteiger partial charge in [-0.25, -0.2) is 0 Å². The molecule has 2 aliphatic rings. The van der Waals surface area contributed by atoms with Crippen molar-refractivity contribution in [1.82, 2.24) is 4.90 Å². The molecular formula is C14H25NO2. The lowest BCUT2D eigenvalue weighted by Gasteiger charge is -2.30. The third kappa shape index (κ3) is 3.29. The largest absolute Gasteiger partial charge is 0.389 e. The van der Waals surface area contributed by atoms with E-state index >= 15 is 0 Å². The van der Waals surface area contributed by atoms with E-state index in [9.17, 15) is 9.90 Å². The van der Waals surface area contributed by atoms with E-state index in [4.69, 9.17) is 0 Å². The van der Waals surface area contributed by atoms with Crippen LogP contribution in [0, 0.1) is 11.8 Å². The predicted octanol–water partition coefficient (Wildman–Crippen LogP) is 1.84. The van der Waals surface area contributed by atoms with Crippen molar-refractivity contribution in [2.45, 2.75) is 51.6 Å². The quantitative estimate of drug-likeness (QED) is 0.817. The van der Waals surface area contributed by atoms with Crippen LogP contribution < -0.4 is 0 Å². The fraction of sp³-hybridized carbons (Fsp3) is 0.929. The SMILES string of the molecule is CCC1CCC(=O)C(CN2CCC(C)(O)C2)C1. The smallest absolute Gasteiger partial charge is 0.137 e. The van der Waals surface area contributed by atoms with Gasteiger partial charge in [-0.1, -0.05) is 13.3 Å². The molecule has 2 fully saturated rings. The van der Waals surface area contributed by atoms with Crippen molar-refractivity contribution >= 4 is 5.78 Å². The van der Waals surface area contributed by atoms with Gasteiger partial charge in [0.2, 0.25) is 0 Å². The molecule has 1 saturated heterocycles. The average molecular weight is 239 g/mol. The van der Waals surface area contributed by atoms with Crippen molar-refractivity contribution in [3.05, 3.63) is 0 Å². The lowest BCUT2D eigenvalue weighted by atomic mass is 9.79. The number of carbonyl (C=O) groups is 1. The van der Waals surface area contributed by atoms with Crippen molar-refractivity contribution in [3.8, 4) is 0 Å². The van der Waals surface area contributed by atoms with Crippen molar-refractivity contribution < 1.29 is 9.90 Å². The molecular weight excluding hydrogens is 214 g/mol. The summed E-state index contributed by atoms with van der Waals surface area (Å²) in [7, 11) is 0. The van der Waals surface area contributed by atoms with Gasteiger partial charge in [0.1, 0.15) is 5.78 Å². The van der Waals surface area contributed by atoms with Gasteiger partial charge in [0.05, 0.1) is 5.60 Å². The second-order valence-electron chi connectivity index (χ2n) is 6.19. The summed E-state index contributed by atoms with van der Waals surface area (Å²) in [6.07, 6.45) is 4.96. The van der Waals surface area contributed by atoms with Crippen LogP contribution in [0.2, 0.25) is 0 Å². The van der Waals surface area contributed by atoms with Crippen LogP contribution in [-0.2, 0) is 4.79 Å². The zero-order chi connectivity index (χ0) is 12.5. The zero-order valence-corrected chi connectivity index (χ0v) is 11.1. The van der Waals surface area contributed by atoms with Crippen LogP contribution in [0.1, 0.15) is 46.0 Å². The van der Waals surface area contributed by atoms with Crippen molar-refractivity contribution in [2.24, 2.45) is 11.8 Å². The molecule has 1 N–H and O–H groups in total. The number of ketones is 1. The molecule has 3 unspecified atom stereocenters. The fourth-order valence-corrected chi connectivity index (χ4v) is 3.26. The van der Waals surface area contributed by atoms with E-state index in [0.717, 1.165) is 51.2 Å². The predicted molar refractivity (Wildman–Crippen MR) is 67.8 cm³/mol. The van der Waals surface area contributed by atoms with E-state index < -0.39 is 5.60 Å². The van der Waals surface area contributed by atoms with Gasteiger partial charge < -0.3 is 5.11 Å². The molecule has 3 nitrogen and oxygen atoms in total. The summed E-state index contributed by atoms with van der Waals surface area (Å²) in [5.74, 6) is 1.41. The lowest BCUT2D eigenvalue weighted by molar-refractivity contribution is -0.126. The Bertz CT molecular complexity index is 288. The monoisotopic (exact) mass is 239 g/mol. The topological polar surface area (TPSA) is 40.5 Å². The molecule has 1 aliphatic carbocycles. The first-order chi connectivity index (χ1) is 8.00. The molecule has 2 rings (SSSR count). The molecule has 0 amide bonds. The Balaban J connectivity index is 1.87. The number of aliphatic hydroxyl groups is 1. The van der Waals surface area contributed by atoms with Gasteiger partial charge in [0, 0.05) is 32.0 Å². The Morgan fingerprint density at radius 3 is 2.88 bits per heavy atom. The summed E-state index contributed by atoms with van der Waals surface area (Å²) >= 11 is 0. The maximum Gasteiger partial charge on any atom is 0.137 e. The molecule has 98 valence electrons. The van der Waals surface area contributed by atoms with Gasteiger partial charge in [-0.05, 0) is 32.1 Å². The normalized spacial score (nSPS) is 39.8. The first-order valence-electron chi connectivity index (χ1n) is 6.97. The van der Waals surface area contributed by atoms with Crippen molar-refractivity contribution in [3.63, 3.8) is 0 Å². The molecule has 3 heteroatoms. The first kappa shape index (κ1) is 13.0. The minimum Gasteiger partial charge on any atom is -0.389 e. The lowest BCUT2D eigenvalue weighted by Crippen LogP contribution is -2.37. The highest BCUT2D eigenvalue weighted by atomic mass is 16.3. The van der Waals surface area contributed by atoms with Crippen LogP contribution in [0.4, 0.5) is 0 Å². The molecule has 3 atom stereocenters. The molecule has 0 aromatic carbocycles. The molecule has 17 heavy (non-hydrogen) atoms. The van der Waals surface area contributed by atoms with E-state index in [1.807, 2.05) is 6.92 Å². The van der Waals surface area contributed by atoms with Crippen LogP contribution >= 0.6 is 0 Å².